The first-order valence-corrected chi connectivity index (χ1v) is 10.4. The van der Waals surface area contributed by atoms with Gasteiger partial charge in [-0.2, -0.15) is 4.68 Å². The van der Waals surface area contributed by atoms with Gasteiger partial charge in [-0.15, -0.1) is 5.10 Å². The molecular formula is C24H25FN4O2. The summed E-state index contributed by atoms with van der Waals surface area (Å²) in [6.07, 6.45) is 1.42. The quantitative estimate of drug-likeness (QED) is 0.688. The van der Waals surface area contributed by atoms with Gasteiger partial charge in [-0.25, -0.2) is 4.39 Å². The number of nitrogens with zero attached hydrogens (tertiary/aromatic N) is 3. The van der Waals surface area contributed by atoms with Crippen molar-refractivity contribution in [2.24, 2.45) is 5.92 Å². The first-order chi connectivity index (χ1) is 15.0. The fraction of sp³-hybridized carbons (Fsp3) is 0.292. The molecule has 3 aromatic rings. The SMILES string of the molecule is Cc1cccc(CNC(=O)C2CCN(c3ccc(=O)n(-c4cccc(F)c4)n3)CC2)c1. The zero-order valence-electron chi connectivity index (χ0n) is 17.4. The van der Waals surface area contributed by atoms with E-state index in [1.165, 1.54) is 28.4 Å². The molecule has 1 fully saturated rings. The smallest absolute Gasteiger partial charge is 0.271 e. The van der Waals surface area contributed by atoms with Crippen LogP contribution in [0, 0.1) is 18.7 Å². The second-order valence-electron chi connectivity index (χ2n) is 7.89. The third-order valence-electron chi connectivity index (χ3n) is 5.58. The van der Waals surface area contributed by atoms with E-state index in [0.29, 0.717) is 44.0 Å². The van der Waals surface area contributed by atoms with Gasteiger partial charge in [-0.05, 0) is 49.6 Å². The predicted molar refractivity (Wildman–Crippen MR) is 118 cm³/mol. The molecule has 0 atom stereocenters. The maximum Gasteiger partial charge on any atom is 0.271 e. The van der Waals surface area contributed by atoms with E-state index in [1.807, 2.05) is 25.1 Å². The van der Waals surface area contributed by atoms with E-state index in [-0.39, 0.29) is 17.4 Å². The Balaban J connectivity index is 1.38. The van der Waals surface area contributed by atoms with Crippen molar-refractivity contribution in [3.05, 3.63) is 88.0 Å². The Labute approximate surface area is 180 Å². The van der Waals surface area contributed by atoms with Crippen LogP contribution in [0.3, 0.4) is 0 Å². The van der Waals surface area contributed by atoms with Crippen LogP contribution in [-0.4, -0.2) is 28.8 Å². The Hall–Kier alpha value is -3.48. The van der Waals surface area contributed by atoms with E-state index >= 15 is 0 Å². The number of nitrogens with one attached hydrogen (secondary N) is 1. The summed E-state index contributed by atoms with van der Waals surface area (Å²) in [5, 5.41) is 7.46. The van der Waals surface area contributed by atoms with E-state index < -0.39 is 5.82 Å². The van der Waals surface area contributed by atoms with Crippen LogP contribution in [0.25, 0.3) is 5.69 Å². The van der Waals surface area contributed by atoms with Crippen LogP contribution in [0.5, 0.6) is 0 Å². The average molecular weight is 420 g/mol. The number of hydrogen-bond acceptors (Lipinski definition) is 4. The summed E-state index contributed by atoms with van der Waals surface area (Å²) >= 11 is 0. The molecule has 0 radical (unpaired) electrons. The Morgan fingerprint density at radius 1 is 1.10 bits per heavy atom. The zero-order valence-corrected chi connectivity index (χ0v) is 17.4. The lowest BCUT2D eigenvalue weighted by Crippen LogP contribution is -2.41. The number of aromatic nitrogens is 2. The fourth-order valence-corrected chi connectivity index (χ4v) is 3.89. The average Bonchev–Trinajstić information content (AvgIpc) is 2.78. The predicted octanol–water partition coefficient (Wildman–Crippen LogP) is 3.21. The molecule has 0 aliphatic carbocycles. The highest BCUT2D eigenvalue weighted by Crippen LogP contribution is 2.22. The van der Waals surface area contributed by atoms with E-state index in [2.05, 4.69) is 21.4 Å². The lowest BCUT2D eigenvalue weighted by atomic mass is 9.96. The van der Waals surface area contributed by atoms with Crippen LogP contribution in [-0.2, 0) is 11.3 Å². The van der Waals surface area contributed by atoms with Crippen molar-refractivity contribution < 1.29 is 9.18 Å². The van der Waals surface area contributed by atoms with Crippen molar-refractivity contribution >= 4 is 11.7 Å². The van der Waals surface area contributed by atoms with Crippen molar-refractivity contribution in [3.8, 4) is 5.69 Å². The van der Waals surface area contributed by atoms with Crippen molar-refractivity contribution in [3.63, 3.8) is 0 Å². The van der Waals surface area contributed by atoms with Crippen molar-refractivity contribution in [1.29, 1.82) is 0 Å². The molecule has 1 amide bonds. The molecule has 2 heterocycles. The normalized spacial score (nSPS) is 14.5. The summed E-state index contributed by atoms with van der Waals surface area (Å²) in [6.45, 7) is 3.89. The molecule has 160 valence electrons. The number of carbonyl (C=O) groups is 1. The topological polar surface area (TPSA) is 67.2 Å². The number of hydrogen-bond donors (Lipinski definition) is 1. The number of anilines is 1. The second kappa shape index (κ2) is 9.12. The van der Waals surface area contributed by atoms with Crippen LogP contribution in [0.2, 0.25) is 0 Å². The summed E-state index contributed by atoms with van der Waals surface area (Å²) in [4.78, 5) is 26.9. The first-order valence-electron chi connectivity index (χ1n) is 10.4. The molecule has 0 bridgehead atoms. The Morgan fingerprint density at radius 2 is 1.87 bits per heavy atom. The number of halogens is 1. The number of amides is 1. The molecule has 6 nitrogen and oxygen atoms in total. The van der Waals surface area contributed by atoms with Gasteiger partial charge in [0.25, 0.3) is 5.56 Å². The molecule has 0 unspecified atom stereocenters. The van der Waals surface area contributed by atoms with Gasteiger partial charge in [0.1, 0.15) is 11.6 Å². The fourth-order valence-electron chi connectivity index (χ4n) is 3.89. The molecule has 7 heteroatoms. The Bertz CT molecular complexity index is 1140. The first kappa shape index (κ1) is 20.8. The number of rotatable bonds is 5. The summed E-state index contributed by atoms with van der Waals surface area (Å²) in [6, 6.07) is 17.0. The van der Waals surface area contributed by atoms with Crippen LogP contribution in [0.15, 0.2) is 65.5 Å². The number of aryl methyl sites for hydroxylation is 1. The molecule has 1 aliphatic rings. The summed E-state index contributed by atoms with van der Waals surface area (Å²) < 4.78 is 14.8. The highest BCUT2D eigenvalue weighted by Gasteiger charge is 2.25. The second-order valence-corrected chi connectivity index (χ2v) is 7.89. The van der Waals surface area contributed by atoms with Gasteiger partial charge in [-0.3, -0.25) is 9.59 Å². The van der Waals surface area contributed by atoms with Gasteiger partial charge in [-0.1, -0.05) is 35.9 Å². The molecule has 31 heavy (non-hydrogen) atoms. The minimum Gasteiger partial charge on any atom is -0.355 e. The van der Waals surface area contributed by atoms with E-state index in [1.54, 1.807) is 18.2 Å². The molecule has 1 N–H and O–H groups in total. The number of carbonyl (C=O) groups excluding carboxylic acids is 1. The molecular weight excluding hydrogens is 395 g/mol. The molecule has 1 aliphatic heterocycles. The van der Waals surface area contributed by atoms with Gasteiger partial charge in [0.15, 0.2) is 0 Å². The maximum atomic E-state index is 13.6. The summed E-state index contributed by atoms with van der Waals surface area (Å²) in [5.74, 6) is 0.241. The molecule has 1 aromatic heterocycles. The monoisotopic (exact) mass is 420 g/mol. The van der Waals surface area contributed by atoms with E-state index in [4.69, 9.17) is 0 Å². The number of piperidine rings is 1. The molecule has 4 rings (SSSR count). The van der Waals surface area contributed by atoms with Crippen LogP contribution in [0.4, 0.5) is 10.2 Å². The summed E-state index contributed by atoms with van der Waals surface area (Å²) in [5.41, 5.74) is 2.33. The summed E-state index contributed by atoms with van der Waals surface area (Å²) in [7, 11) is 0. The van der Waals surface area contributed by atoms with Gasteiger partial charge >= 0.3 is 0 Å². The molecule has 0 spiro atoms. The van der Waals surface area contributed by atoms with Gasteiger partial charge < -0.3 is 10.2 Å². The van der Waals surface area contributed by atoms with Gasteiger partial charge in [0, 0.05) is 31.6 Å². The van der Waals surface area contributed by atoms with Crippen molar-refractivity contribution in [2.75, 3.05) is 18.0 Å². The molecule has 1 saturated heterocycles. The Morgan fingerprint density at radius 3 is 2.61 bits per heavy atom. The largest absolute Gasteiger partial charge is 0.355 e. The van der Waals surface area contributed by atoms with Crippen LogP contribution < -0.4 is 15.8 Å². The van der Waals surface area contributed by atoms with E-state index in [9.17, 15) is 14.0 Å². The molecule has 0 saturated carbocycles. The highest BCUT2D eigenvalue weighted by molar-refractivity contribution is 5.79. The maximum absolute atomic E-state index is 13.6. The van der Waals surface area contributed by atoms with Crippen LogP contribution >= 0.6 is 0 Å². The van der Waals surface area contributed by atoms with Gasteiger partial charge in [0.2, 0.25) is 5.91 Å². The highest BCUT2D eigenvalue weighted by atomic mass is 19.1. The number of benzene rings is 2. The van der Waals surface area contributed by atoms with Gasteiger partial charge in [0.05, 0.1) is 5.69 Å². The lowest BCUT2D eigenvalue weighted by molar-refractivity contribution is -0.125. The van der Waals surface area contributed by atoms with Crippen molar-refractivity contribution in [1.82, 2.24) is 15.1 Å². The van der Waals surface area contributed by atoms with E-state index in [0.717, 1.165) is 5.56 Å². The molecule has 2 aromatic carbocycles. The third-order valence-corrected chi connectivity index (χ3v) is 5.58. The third kappa shape index (κ3) is 4.99. The minimum absolute atomic E-state index is 0.0461. The Kier molecular flexibility index (Phi) is 6.11. The zero-order chi connectivity index (χ0) is 21.8. The lowest BCUT2D eigenvalue weighted by Gasteiger charge is -2.32. The minimum atomic E-state index is -0.422. The van der Waals surface area contributed by atoms with Crippen molar-refractivity contribution in [2.45, 2.75) is 26.3 Å². The van der Waals surface area contributed by atoms with Crippen LogP contribution in [0.1, 0.15) is 24.0 Å². The standard InChI is InChI=1S/C24H25FN4O2/c1-17-4-2-5-18(14-17)16-26-24(31)19-10-12-28(13-11-19)22-8-9-23(30)29(27-22)21-7-3-6-20(25)15-21/h2-9,14-15,19H,10-13,16H2,1H3,(H,26,31).